The molecular weight excluding hydrogens is 488 g/mol. The van der Waals surface area contributed by atoms with Crippen LogP contribution in [0.2, 0.25) is 0 Å². The van der Waals surface area contributed by atoms with Gasteiger partial charge in [-0.3, -0.25) is 24.1 Å². The third-order valence-electron chi connectivity index (χ3n) is 7.13. The lowest BCUT2D eigenvalue weighted by atomic mass is 9.98. The molecule has 9 heteroatoms. The number of ether oxygens (including phenoxy) is 3. The highest BCUT2D eigenvalue weighted by Crippen LogP contribution is 2.34. The zero-order valence-electron chi connectivity index (χ0n) is 22.4. The van der Waals surface area contributed by atoms with E-state index in [0.29, 0.717) is 48.7 Å². The molecule has 2 heterocycles. The van der Waals surface area contributed by atoms with Crippen LogP contribution in [0.4, 0.5) is 5.69 Å². The van der Waals surface area contributed by atoms with E-state index in [9.17, 15) is 19.2 Å². The van der Waals surface area contributed by atoms with Crippen LogP contribution in [-0.4, -0.2) is 67.9 Å². The van der Waals surface area contributed by atoms with E-state index < -0.39 is 0 Å². The number of fused-ring (bicyclic) bond motifs is 1. The van der Waals surface area contributed by atoms with Crippen LogP contribution in [0.5, 0.6) is 11.5 Å². The highest BCUT2D eigenvalue weighted by atomic mass is 16.5. The Morgan fingerprint density at radius 3 is 2.61 bits per heavy atom. The number of carbonyl (C=O) groups is 4. The van der Waals surface area contributed by atoms with Gasteiger partial charge >= 0.3 is 5.97 Å². The molecule has 0 bridgehead atoms. The predicted octanol–water partition coefficient (Wildman–Crippen LogP) is 3.40. The number of Topliss-reactive ketones (excluding diaryl/α,β-unsaturated/α-hetero) is 1. The molecule has 38 heavy (non-hydrogen) atoms. The number of carbonyl (C=O) groups excluding carboxylic acids is 4. The topological polar surface area (TPSA) is 102 Å². The van der Waals surface area contributed by atoms with Crippen LogP contribution in [0, 0.1) is 26.7 Å². The van der Waals surface area contributed by atoms with Crippen molar-refractivity contribution >= 4 is 29.3 Å². The minimum Gasteiger partial charge on any atom is -0.485 e. The van der Waals surface area contributed by atoms with E-state index >= 15 is 0 Å². The number of piperidine rings is 1. The lowest BCUT2D eigenvalue weighted by molar-refractivity contribution is -0.151. The van der Waals surface area contributed by atoms with Gasteiger partial charge in [-0.15, -0.1) is 0 Å². The summed E-state index contributed by atoms with van der Waals surface area (Å²) in [6, 6.07) is 8.80. The van der Waals surface area contributed by atoms with E-state index in [1.54, 1.807) is 30.0 Å². The van der Waals surface area contributed by atoms with Crippen LogP contribution in [-0.2, 0) is 19.1 Å². The van der Waals surface area contributed by atoms with Crippen molar-refractivity contribution in [3.8, 4) is 11.5 Å². The van der Waals surface area contributed by atoms with E-state index in [1.807, 2.05) is 32.9 Å². The van der Waals surface area contributed by atoms with Crippen LogP contribution in [0.1, 0.15) is 46.8 Å². The first kappa shape index (κ1) is 27.2. The molecule has 2 aliphatic heterocycles. The number of rotatable bonds is 8. The molecule has 0 spiro atoms. The normalized spacial score (nSPS) is 16.9. The molecule has 0 radical (unpaired) electrons. The van der Waals surface area contributed by atoms with Gasteiger partial charge in [0.2, 0.25) is 5.91 Å². The van der Waals surface area contributed by atoms with Crippen molar-refractivity contribution < 1.29 is 33.4 Å². The summed E-state index contributed by atoms with van der Waals surface area (Å²) >= 11 is 0. The number of ketones is 1. The molecular formula is C29H34N2O7. The maximum absolute atomic E-state index is 13.2. The van der Waals surface area contributed by atoms with Crippen LogP contribution >= 0.6 is 0 Å². The first-order chi connectivity index (χ1) is 18.2. The van der Waals surface area contributed by atoms with Gasteiger partial charge in [0, 0.05) is 18.7 Å². The first-order valence-corrected chi connectivity index (χ1v) is 12.9. The van der Waals surface area contributed by atoms with Gasteiger partial charge in [-0.2, -0.15) is 0 Å². The first-order valence-electron chi connectivity index (χ1n) is 12.9. The lowest BCUT2D eigenvalue weighted by Gasteiger charge is -2.34. The minimum absolute atomic E-state index is 0.166. The van der Waals surface area contributed by atoms with Gasteiger partial charge in [-0.25, -0.2) is 0 Å². The SMILES string of the molecule is CCOC(=O)[C@H]1CCCN(C(=O)CN2C(=O)COc3ccc(C(=O)COc4c(C)ccc(C)c4C)cc32)C1. The molecule has 0 aromatic heterocycles. The molecule has 202 valence electrons. The molecule has 1 atom stereocenters. The summed E-state index contributed by atoms with van der Waals surface area (Å²) in [6.07, 6.45) is 1.35. The fourth-order valence-corrected chi connectivity index (χ4v) is 4.81. The minimum atomic E-state index is -0.378. The summed E-state index contributed by atoms with van der Waals surface area (Å²) in [5.41, 5.74) is 3.71. The van der Waals surface area contributed by atoms with E-state index in [4.69, 9.17) is 14.2 Å². The highest BCUT2D eigenvalue weighted by Gasteiger charge is 2.33. The number of hydrogen-bond acceptors (Lipinski definition) is 7. The quantitative estimate of drug-likeness (QED) is 0.387. The highest BCUT2D eigenvalue weighted by molar-refractivity contribution is 6.04. The molecule has 2 amide bonds. The molecule has 0 N–H and O–H groups in total. The van der Waals surface area contributed by atoms with Gasteiger partial charge in [-0.05, 0) is 75.4 Å². The maximum Gasteiger partial charge on any atom is 0.310 e. The zero-order valence-corrected chi connectivity index (χ0v) is 22.4. The van der Waals surface area contributed by atoms with Gasteiger partial charge in [-0.1, -0.05) is 12.1 Å². The van der Waals surface area contributed by atoms with Gasteiger partial charge < -0.3 is 19.1 Å². The molecule has 0 aliphatic carbocycles. The number of nitrogens with zero attached hydrogens (tertiary/aromatic N) is 2. The number of anilines is 1. The van der Waals surface area contributed by atoms with Crippen LogP contribution < -0.4 is 14.4 Å². The van der Waals surface area contributed by atoms with Gasteiger partial charge in [0.1, 0.15) is 18.0 Å². The van der Waals surface area contributed by atoms with Crippen molar-refractivity contribution in [2.24, 2.45) is 5.92 Å². The van der Waals surface area contributed by atoms with Gasteiger partial charge in [0.15, 0.2) is 19.0 Å². The molecule has 1 saturated heterocycles. The van der Waals surface area contributed by atoms with Crippen LogP contribution in [0.3, 0.4) is 0 Å². The third kappa shape index (κ3) is 5.82. The second-order valence-corrected chi connectivity index (χ2v) is 9.75. The van der Waals surface area contributed by atoms with E-state index in [0.717, 1.165) is 16.7 Å². The molecule has 2 aromatic rings. The number of hydrogen-bond donors (Lipinski definition) is 0. The summed E-state index contributed by atoms with van der Waals surface area (Å²) in [7, 11) is 0. The van der Waals surface area contributed by atoms with Crippen LogP contribution in [0.25, 0.3) is 0 Å². The Labute approximate surface area is 222 Å². The van der Waals surface area contributed by atoms with E-state index in [1.165, 1.54) is 4.90 Å². The Bertz CT molecular complexity index is 1260. The number of aryl methyl sites for hydroxylation is 2. The average Bonchev–Trinajstić information content (AvgIpc) is 2.92. The number of likely N-dealkylation sites (tertiary alicyclic amines) is 1. The van der Waals surface area contributed by atoms with Crippen molar-refractivity contribution in [2.75, 3.05) is 44.4 Å². The summed E-state index contributed by atoms with van der Waals surface area (Å²) in [5.74, 6) is -0.481. The van der Waals surface area contributed by atoms with E-state index in [-0.39, 0.29) is 55.8 Å². The Morgan fingerprint density at radius 1 is 1.08 bits per heavy atom. The molecule has 1 fully saturated rings. The molecule has 0 saturated carbocycles. The summed E-state index contributed by atoms with van der Waals surface area (Å²) in [5, 5.41) is 0. The standard InChI is InChI=1S/C29H34N2O7/c1-5-36-29(35)22-7-6-12-30(14-22)26(33)15-31-23-13-21(10-11-25(23)37-17-27(31)34)24(32)16-38-28-19(3)9-8-18(2)20(28)4/h8-11,13,22H,5-7,12,14-17H2,1-4H3/t22-/m0/s1. The second-order valence-electron chi connectivity index (χ2n) is 9.75. The number of amides is 2. The van der Waals surface area contributed by atoms with Gasteiger partial charge in [0.25, 0.3) is 5.91 Å². The van der Waals surface area contributed by atoms with Crippen molar-refractivity contribution in [2.45, 2.75) is 40.5 Å². The Balaban J connectivity index is 1.48. The smallest absolute Gasteiger partial charge is 0.310 e. The summed E-state index contributed by atoms with van der Waals surface area (Å²) < 4.78 is 16.6. The summed E-state index contributed by atoms with van der Waals surface area (Å²) in [4.78, 5) is 54.1. The van der Waals surface area contributed by atoms with Crippen molar-refractivity contribution in [3.63, 3.8) is 0 Å². The predicted molar refractivity (Wildman–Crippen MR) is 141 cm³/mol. The van der Waals surface area contributed by atoms with Gasteiger partial charge in [0.05, 0.1) is 18.2 Å². The summed E-state index contributed by atoms with van der Waals surface area (Å²) in [6.45, 7) is 8.11. The van der Waals surface area contributed by atoms with Crippen molar-refractivity contribution in [1.29, 1.82) is 0 Å². The monoisotopic (exact) mass is 522 g/mol. The Kier molecular flexibility index (Phi) is 8.34. The molecule has 0 unspecified atom stereocenters. The molecule has 2 aliphatic rings. The van der Waals surface area contributed by atoms with E-state index in [2.05, 4.69) is 0 Å². The van der Waals surface area contributed by atoms with Crippen molar-refractivity contribution in [1.82, 2.24) is 4.90 Å². The largest absolute Gasteiger partial charge is 0.485 e. The molecule has 9 nitrogen and oxygen atoms in total. The molecule has 2 aromatic carbocycles. The Morgan fingerprint density at radius 2 is 1.84 bits per heavy atom. The fourth-order valence-electron chi connectivity index (χ4n) is 4.81. The number of esters is 1. The van der Waals surface area contributed by atoms with Crippen molar-refractivity contribution in [3.05, 3.63) is 52.6 Å². The second kappa shape index (κ2) is 11.7. The average molecular weight is 523 g/mol. The zero-order chi connectivity index (χ0) is 27.4. The third-order valence-corrected chi connectivity index (χ3v) is 7.13. The molecule has 4 rings (SSSR count). The van der Waals surface area contributed by atoms with Crippen LogP contribution in [0.15, 0.2) is 30.3 Å². The fraction of sp³-hybridized carbons (Fsp3) is 0.448. The lowest BCUT2D eigenvalue weighted by Crippen LogP contribution is -2.49. The maximum atomic E-state index is 13.2. The number of benzene rings is 2. The Hall–Kier alpha value is -3.88.